The number of aryl methyl sites for hydroxylation is 1. The lowest BCUT2D eigenvalue weighted by Crippen LogP contribution is -2.38. The number of nitrogens with two attached hydrogens (primary N) is 1. The molecule has 1 aliphatic carbocycles. The summed E-state index contributed by atoms with van der Waals surface area (Å²) in [5.41, 5.74) is 2.06. The third-order valence-electron chi connectivity index (χ3n) is 3.11. The molecule has 1 aliphatic rings. The van der Waals surface area contributed by atoms with Crippen LogP contribution in [0.25, 0.3) is 0 Å². The van der Waals surface area contributed by atoms with Crippen LogP contribution in [0.1, 0.15) is 30.8 Å². The summed E-state index contributed by atoms with van der Waals surface area (Å²) in [5, 5.41) is 0. The van der Waals surface area contributed by atoms with Crippen molar-refractivity contribution in [3.8, 4) is 0 Å². The van der Waals surface area contributed by atoms with E-state index in [0.717, 1.165) is 19.3 Å². The van der Waals surface area contributed by atoms with Gasteiger partial charge in [0.15, 0.2) is 17.5 Å². The van der Waals surface area contributed by atoms with Crippen LogP contribution < -0.4 is 11.3 Å². The number of methoxy groups -OCH3 is 1. The molecule has 1 aromatic rings. The molecule has 5 nitrogen and oxygen atoms in total. The SMILES string of the molecule is COC1(c2nc(C)c(F)c(NN)n2)CCC1. The van der Waals surface area contributed by atoms with E-state index in [2.05, 4.69) is 15.4 Å². The third-order valence-corrected chi connectivity index (χ3v) is 3.11. The van der Waals surface area contributed by atoms with Gasteiger partial charge >= 0.3 is 0 Å². The summed E-state index contributed by atoms with van der Waals surface area (Å²) >= 11 is 0. The summed E-state index contributed by atoms with van der Waals surface area (Å²) in [7, 11) is 1.62. The van der Waals surface area contributed by atoms with E-state index in [1.54, 1.807) is 14.0 Å². The van der Waals surface area contributed by atoms with Crippen LogP contribution in [-0.4, -0.2) is 17.1 Å². The molecule has 0 amide bonds. The van der Waals surface area contributed by atoms with Gasteiger partial charge in [-0.1, -0.05) is 0 Å². The van der Waals surface area contributed by atoms with Crippen molar-refractivity contribution < 1.29 is 9.13 Å². The summed E-state index contributed by atoms with van der Waals surface area (Å²) in [5.74, 6) is 5.22. The highest BCUT2D eigenvalue weighted by atomic mass is 19.1. The maximum absolute atomic E-state index is 13.5. The average molecular weight is 226 g/mol. The summed E-state index contributed by atoms with van der Waals surface area (Å²) in [6, 6.07) is 0. The van der Waals surface area contributed by atoms with Gasteiger partial charge in [-0.3, -0.25) is 0 Å². The Hall–Kier alpha value is -1.27. The lowest BCUT2D eigenvalue weighted by molar-refractivity contribution is -0.0847. The molecule has 1 heterocycles. The molecule has 2 rings (SSSR count). The van der Waals surface area contributed by atoms with Crippen molar-refractivity contribution >= 4 is 5.82 Å². The van der Waals surface area contributed by atoms with Crippen molar-refractivity contribution in [3.63, 3.8) is 0 Å². The summed E-state index contributed by atoms with van der Waals surface area (Å²) in [4.78, 5) is 8.21. The topological polar surface area (TPSA) is 73.1 Å². The second kappa shape index (κ2) is 3.95. The second-order valence-corrected chi connectivity index (χ2v) is 3.99. The lowest BCUT2D eigenvalue weighted by atomic mass is 9.79. The van der Waals surface area contributed by atoms with Crippen molar-refractivity contribution in [2.75, 3.05) is 12.5 Å². The van der Waals surface area contributed by atoms with Crippen molar-refractivity contribution in [3.05, 3.63) is 17.3 Å². The van der Waals surface area contributed by atoms with Gasteiger partial charge < -0.3 is 10.2 Å². The van der Waals surface area contributed by atoms with Gasteiger partial charge in [-0.15, -0.1) is 0 Å². The highest BCUT2D eigenvalue weighted by Gasteiger charge is 2.42. The number of halogens is 1. The first kappa shape index (κ1) is 11.2. The maximum atomic E-state index is 13.5. The molecule has 0 radical (unpaired) electrons. The van der Waals surface area contributed by atoms with Crippen LogP contribution >= 0.6 is 0 Å². The van der Waals surface area contributed by atoms with Crippen LogP contribution in [-0.2, 0) is 10.3 Å². The van der Waals surface area contributed by atoms with E-state index in [0.29, 0.717) is 5.82 Å². The average Bonchev–Trinajstić information content (AvgIpc) is 2.22. The van der Waals surface area contributed by atoms with Gasteiger partial charge in [0, 0.05) is 7.11 Å². The van der Waals surface area contributed by atoms with Gasteiger partial charge in [0.2, 0.25) is 0 Å². The van der Waals surface area contributed by atoms with E-state index < -0.39 is 11.4 Å². The fourth-order valence-electron chi connectivity index (χ4n) is 1.88. The fourth-order valence-corrected chi connectivity index (χ4v) is 1.88. The van der Waals surface area contributed by atoms with Crippen LogP contribution in [0.5, 0.6) is 0 Å². The molecule has 3 N–H and O–H groups in total. The van der Waals surface area contributed by atoms with Crippen LogP contribution in [0.2, 0.25) is 0 Å². The zero-order valence-electron chi connectivity index (χ0n) is 9.38. The quantitative estimate of drug-likeness (QED) is 0.599. The van der Waals surface area contributed by atoms with E-state index in [-0.39, 0.29) is 11.5 Å². The molecule has 0 spiro atoms. The number of nitrogen functional groups attached to an aromatic ring is 1. The van der Waals surface area contributed by atoms with Crippen LogP contribution in [0.3, 0.4) is 0 Å². The van der Waals surface area contributed by atoms with Gasteiger partial charge in [0.1, 0.15) is 5.60 Å². The molecule has 0 unspecified atom stereocenters. The normalized spacial score (nSPS) is 18.0. The van der Waals surface area contributed by atoms with E-state index >= 15 is 0 Å². The van der Waals surface area contributed by atoms with Crippen molar-refractivity contribution in [2.45, 2.75) is 31.8 Å². The predicted octanol–water partition coefficient (Wildman–Crippen LogP) is 1.24. The Morgan fingerprint density at radius 3 is 2.56 bits per heavy atom. The Labute approximate surface area is 93.2 Å². The summed E-state index contributed by atoms with van der Waals surface area (Å²) < 4.78 is 18.9. The van der Waals surface area contributed by atoms with Gasteiger partial charge in [0.25, 0.3) is 0 Å². The van der Waals surface area contributed by atoms with Gasteiger partial charge in [0.05, 0.1) is 5.69 Å². The Morgan fingerprint density at radius 2 is 2.12 bits per heavy atom. The largest absolute Gasteiger partial charge is 0.370 e. The Bertz CT molecular complexity index is 401. The molecule has 1 fully saturated rings. The van der Waals surface area contributed by atoms with Gasteiger partial charge in [-0.25, -0.2) is 20.2 Å². The van der Waals surface area contributed by atoms with Crippen molar-refractivity contribution in [1.82, 2.24) is 9.97 Å². The molecule has 0 aliphatic heterocycles. The number of ether oxygens (including phenoxy) is 1. The smallest absolute Gasteiger partial charge is 0.187 e. The molecule has 0 atom stereocenters. The van der Waals surface area contributed by atoms with Gasteiger partial charge in [-0.2, -0.15) is 0 Å². The standard InChI is InChI=1S/C10H15FN4O/c1-6-7(11)8(15-12)14-9(13-6)10(16-2)4-3-5-10/h3-5,12H2,1-2H3,(H,13,14,15). The Balaban J connectivity index is 2.45. The molecule has 0 bridgehead atoms. The second-order valence-electron chi connectivity index (χ2n) is 3.99. The molecule has 1 saturated carbocycles. The highest BCUT2D eigenvalue weighted by molar-refractivity contribution is 5.37. The number of hydrogen-bond donors (Lipinski definition) is 2. The first-order valence-corrected chi connectivity index (χ1v) is 5.19. The predicted molar refractivity (Wildman–Crippen MR) is 57.1 cm³/mol. The molecule has 0 saturated heterocycles. The zero-order chi connectivity index (χ0) is 11.8. The number of nitrogens with zero attached hydrogens (tertiary/aromatic N) is 2. The van der Waals surface area contributed by atoms with Crippen LogP contribution in [0.15, 0.2) is 0 Å². The Morgan fingerprint density at radius 1 is 1.44 bits per heavy atom. The van der Waals surface area contributed by atoms with E-state index in [4.69, 9.17) is 10.6 Å². The minimum atomic E-state index is -0.517. The number of aromatic nitrogens is 2. The van der Waals surface area contributed by atoms with Crippen LogP contribution in [0.4, 0.5) is 10.2 Å². The summed E-state index contributed by atoms with van der Waals surface area (Å²) in [6.45, 7) is 1.59. The number of hydrogen-bond acceptors (Lipinski definition) is 5. The molecule has 88 valence electrons. The molecular formula is C10H15FN4O. The van der Waals surface area contributed by atoms with Crippen LogP contribution in [0, 0.1) is 12.7 Å². The summed E-state index contributed by atoms with van der Waals surface area (Å²) in [6.07, 6.45) is 2.79. The minimum Gasteiger partial charge on any atom is -0.370 e. The molecular weight excluding hydrogens is 211 g/mol. The zero-order valence-corrected chi connectivity index (χ0v) is 9.38. The van der Waals surface area contributed by atoms with E-state index in [1.807, 2.05) is 0 Å². The van der Waals surface area contributed by atoms with Crippen molar-refractivity contribution in [1.29, 1.82) is 0 Å². The maximum Gasteiger partial charge on any atom is 0.187 e. The fraction of sp³-hybridized carbons (Fsp3) is 0.600. The lowest BCUT2D eigenvalue weighted by Gasteiger charge is -2.38. The van der Waals surface area contributed by atoms with Gasteiger partial charge in [-0.05, 0) is 26.2 Å². The number of hydrazine groups is 1. The van der Waals surface area contributed by atoms with Crippen molar-refractivity contribution in [2.24, 2.45) is 5.84 Å². The third kappa shape index (κ3) is 1.54. The molecule has 16 heavy (non-hydrogen) atoms. The first-order chi connectivity index (χ1) is 7.63. The highest BCUT2D eigenvalue weighted by Crippen LogP contribution is 2.43. The van der Waals surface area contributed by atoms with E-state index in [1.165, 1.54) is 0 Å². The van der Waals surface area contributed by atoms with E-state index in [9.17, 15) is 4.39 Å². The monoisotopic (exact) mass is 226 g/mol. The molecule has 1 aromatic heterocycles. The number of anilines is 1. The number of rotatable bonds is 3. The molecule has 0 aromatic carbocycles. The molecule has 6 heteroatoms. The number of nitrogens with one attached hydrogen (secondary N) is 1. The minimum absolute atomic E-state index is 0.0193. The Kier molecular flexibility index (Phi) is 2.77. The first-order valence-electron chi connectivity index (χ1n) is 5.19.